The van der Waals surface area contributed by atoms with Crippen LogP contribution in [0.25, 0.3) is 0 Å². The van der Waals surface area contributed by atoms with E-state index < -0.39 is 0 Å². The van der Waals surface area contributed by atoms with Crippen LogP contribution < -0.4 is 16.0 Å². The van der Waals surface area contributed by atoms with Crippen molar-refractivity contribution in [1.82, 2.24) is 20.9 Å². The molecule has 2 aliphatic carbocycles. The van der Waals surface area contributed by atoms with Crippen LogP contribution in [0.4, 0.5) is 0 Å². The summed E-state index contributed by atoms with van der Waals surface area (Å²) in [6.07, 6.45) is 7.44. The SMILES string of the molecule is CN=C(NCCC(C)N(C)Cc1ccccc1)NC1CCCC(C(=O)NC2CC2)C1.I. The molecule has 31 heavy (non-hydrogen) atoms. The molecule has 1 amide bonds. The smallest absolute Gasteiger partial charge is 0.223 e. The molecule has 3 rings (SSSR count). The second-order valence-electron chi connectivity index (χ2n) is 9.03. The van der Waals surface area contributed by atoms with E-state index >= 15 is 0 Å². The highest BCUT2D eigenvalue weighted by Crippen LogP contribution is 2.26. The number of guanidine groups is 1. The molecule has 2 aliphatic rings. The van der Waals surface area contributed by atoms with Gasteiger partial charge in [0.15, 0.2) is 5.96 Å². The van der Waals surface area contributed by atoms with Crippen LogP contribution in [0.2, 0.25) is 0 Å². The van der Waals surface area contributed by atoms with E-state index in [1.54, 1.807) is 0 Å². The lowest BCUT2D eigenvalue weighted by Crippen LogP contribution is -2.47. The maximum Gasteiger partial charge on any atom is 0.223 e. The molecule has 2 saturated carbocycles. The van der Waals surface area contributed by atoms with Gasteiger partial charge in [-0.1, -0.05) is 36.8 Å². The minimum Gasteiger partial charge on any atom is -0.356 e. The van der Waals surface area contributed by atoms with Crippen LogP contribution in [0.3, 0.4) is 0 Å². The van der Waals surface area contributed by atoms with Gasteiger partial charge in [0, 0.05) is 44.2 Å². The second-order valence-corrected chi connectivity index (χ2v) is 9.03. The zero-order chi connectivity index (χ0) is 21.3. The molecule has 2 fully saturated rings. The Balaban J connectivity index is 0.00000341. The summed E-state index contributed by atoms with van der Waals surface area (Å²) in [7, 11) is 4.00. The number of carbonyl (C=O) groups is 1. The summed E-state index contributed by atoms with van der Waals surface area (Å²) in [6, 6.07) is 11.8. The second kappa shape index (κ2) is 13.3. The lowest BCUT2D eigenvalue weighted by atomic mass is 9.85. The summed E-state index contributed by atoms with van der Waals surface area (Å²) in [4.78, 5) is 19.2. The van der Waals surface area contributed by atoms with Gasteiger partial charge in [-0.2, -0.15) is 0 Å². The molecule has 0 aliphatic heterocycles. The van der Waals surface area contributed by atoms with Crippen LogP contribution in [0.5, 0.6) is 0 Å². The summed E-state index contributed by atoms with van der Waals surface area (Å²) >= 11 is 0. The quantitative estimate of drug-likeness (QED) is 0.254. The van der Waals surface area contributed by atoms with E-state index in [0.717, 1.165) is 64.0 Å². The molecule has 0 saturated heterocycles. The first kappa shape index (κ1) is 25.9. The fourth-order valence-electron chi connectivity index (χ4n) is 4.14. The van der Waals surface area contributed by atoms with Gasteiger partial charge in [0.2, 0.25) is 5.91 Å². The Morgan fingerprint density at radius 2 is 1.87 bits per heavy atom. The predicted octanol–water partition coefficient (Wildman–Crippen LogP) is 3.52. The lowest BCUT2D eigenvalue weighted by molar-refractivity contribution is -0.126. The van der Waals surface area contributed by atoms with E-state index in [2.05, 4.69) is 70.1 Å². The highest BCUT2D eigenvalue weighted by Gasteiger charge is 2.31. The third-order valence-electron chi connectivity index (χ3n) is 6.41. The molecular weight excluding hydrogens is 501 g/mol. The number of benzene rings is 1. The van der Waals surface area contributed by atoms with Crippen molar-refractivity contribution in [3.05, 3.63) is 35.9 Å². The third-order valence-corrected chi connectivity index (χ3v) is 6.41. The number of amides is 1. The van der Waals surface area contributed by atoms with Gasteiger partial charge in [0.1, 0.15) is 0 Å². The molecule has 0 spiro atoms. The molecule has 6 nitrogen and oxygen atoms in total. The van der Waals surface area contributed by atoms with E-state index in [1.165, 1.54) is 5.56 Å². The standard InChI is InChI=1S/C24H39N5O.HI/c1-18(29(3)17-19-8-5-4-6-9-19)14-15-26-24(25-2)28-22-11-7-10-20(16-22)23(30)27-21-12-13-21;/h4-6,8-9,18,20-22H,7,10-17H2,1-3H3,(H,27,30)(H2,25,26,28);1H. The first-order valence-corrected chi connectivity index (χ1v) is 11.6. The Labute approximate surface area is 205 Å². The van der Waals surface area contributed by atoms with Gasteiger partial charge in [0.25, 0.3) is 0 Å². The van der Waals surface area contributed by atoms with Crippen LogP contribution in [0.15, 0.2) is 35.3 Å². The van der Waals surface area contributed by atoms with Gasteiger partial charge in [-0.3, -0.25) is 14.7 Å². The first-order chi connectivity index (χ1) is 14.5. The van der Waals surface area contributed by atoms with E-state index in [0.29, 0.717) is 18.1 Å². The Hall–Kier alpha value is -1.35. The zero-order valence-corrected chi connectivity index (χ0v) is 21.6. The van der Waals surface area contributed by atoms with Crippen LogP contribution in [-0.2, 0) is 11.3 Å². The number of halogens is 1. The molecule has 7 heteroatoms. The topological polar surface area (TPSA) is 68.8 Å². The highest BCUT2D eigenvalue weighted by atomic mass is 127. The van der Waals surface area contributed by atoms with Gasteiger partial charge in [-0.05, 0) is 58.1 Å². The van der Waals surface area contributed by atoms with Crippen molar-refractivity contribution in [3.8, 4) is 0 Å². The number of hydrogen-bond acceptors (Lipinski definition) is 3. The van der Waals surface area contributed by atoms with Crippen LogP contribution in [-0.4, -0.2) is 55.5 Å². The Bertz CT molecular complexity index is 694. The van der Waals surface area contributed by atoms with Crippen molar-refractivity contribution in [2.24, 2.45) is 10.9 Å². The molecule has 0 heterocycles. The minimum absolute atomic E-state index is 0. The molecule has 0 radical (unpaired) electrons. The fraction of sp³-hybridized carbons (Fsp3) is 0.667. The van der Waals surface area contributed by atoms with E-state index in [1.807, 2.05) is 7.05 Å². The molecular formula is C24H40IN5O. The molecule has 3 atom stereocenters. The van der Waals surface area contributed by atoms with Crippen molar-refractivity contribution in [2.45, 2.75) is 76.5 Å². The maximum absolute atomic E-state index is 12.4. The average Bonchev–Trinajstić information content (AvgIpc) is 3.57. The molecule has 3 unspecified atom stereocenters. The van der Waals surface area contributed by atoms with Gasteiger partial charge >= 0.3 is 0 Å². The minimum atomic E-state index is 0. The van der Waals surface area contributed by atoms with Gasteiger partial charge in [-0.25, -0.2) is 0 Å². The average molecular weight is 542 g/mol. The maximum atomic E-state index is 12.4. The van der Waals surface area contributed by atoms with Gasteiger partial charge in [0.05, 0.1) is 0 Å². The Kier molecular flexibility index (Phi) is 11.1. The summed E-state index contributed by atoms with van der Waals surface area (Å²) in [5.41, 5.74) is 1.34. The van der Waals surface area contributed by atoms with Crippen molar-refractivity contribution in [3.63, 3.8) is 0 Å². The van der Waals surface area contributed by atoms with E-state index in [9.17, 15) is 4.79 Å². The van der Waals surface area contributed by atoms with Gasteiger partial charge in [-0.15, -0.1) is 24.0 Å². The van der Waals surface area contributed by atoms with Crippen LogP contribution in [0, 0.1) is 5.92 Å². The highest BCUT2D eigenvalue weighted by molar-refractivity contribution is 14.0. The van der Waals surface area contributed by atoms with Crippen LogP contribution >= 0.6 is 24.0 Å². The van der Waals surface area contributed by atoms with Crippen molar-refractivity contribution in [1.29, 1.82) is 0 Å². The molecule has 3 N–H and O–H groups in total. The summed E-state index contributed by atoms with van der Waals surface area (Å²) in [6.45, 7) is 4.10. The Morgan fingerprint density at radius 3 is 2.55 bits per heavy atom. The van der Waals surface area contributed by atoms with Crippen molar-refractivity contribution in [2.75, 3.05) is 20.6 Å². The predicted molar refractivity (Wildman–Crippen MR) is 139 cm³/mol. The molecule has 1 aromatic rings. The molecule has 174 valence electrons. The number of rotatable bonds is 9. The Morgan fingerprint density at radius 1 is 1.13 bits per heavy atom. The van der Waals surface area contributed by atoms with E-state index in [-0.39, 0.29) is 35.8 Å². The summed E-state index contributed by atoms with van der Waals surface area (Å²) in [5.74, 6) is 1.24. The lowest BCUT2D eigenvalue weighted by Gasteiger charge is -2.30. The van der Waals surface area contributed by atoms with Crippen molar-refractivity contribution < 1.29 is 4.79 Å². The zero-order valence-electron chi connectivity index (χ0n) is 19.3. The number of aliphatic imine (C=N–C) groups is 1. The first-order valence-electron chi connectivity index (χ1n) is 11.6. The number of nitrogens with one attached hydrogen (secondary N) is 3. The van der Waals surface area contributed by atoms with Crippen molar-refractivity contribution >= 4 is 35.8 Å². The normalized spacial score (nSPS) is 22.4. The number of hydrogen-bond donors (Lipinski definition) is 3. The fourth-order valence-corrected chi connectivity index (χ4v) is 4.14. The largest absolute Gasteiger partial charge is 0.356 e. The summed E-state index contributed by atoms with van der Waals surface area (Å²) < 4.78 is 0. The molecule has 0 aromatic heterocycles. The van der Waals surface area contributed by atoms with Crippen LogP contribution in [0.1, 0.15) is 57.4 Å². The third kappa shape index (κ3) is 8.96. The monoisotopic (exact) mass is 541 g/mol. The molecule has 1 aromatic carbocycles. The number of nitrogens with zero attached hydrogens (tertiary/aromatic N) is 2. The van der Waals surface area contributed by atoms with E-state index in [4.69, 9.17) is 0 Å². The number of carbonyl (C=O) groups excluding carboxylic acids is 1. The molecule has 0 bridgehead atoms. The van der Waals surface area contributed by atoms with Gasteiger partial charge < -0.3 is 16.0 Å². The summed E-state index contributed by atoms with van der Waals surface area (Å²) in [5, 5.41) is 10.2.